The van der Waals surface area contributed by atoms with Crippen LogP contribution < -0.4 is 5.73 Å². The Hall–Kier alpha value is -1.17. The van der Waals surface area contributed by atoms with Crippen LogP contribution in [0.4, 0.5) is 0 Å². The number of benzene rings is 1. The Bertz CT molecular complexity index is 556. The molecule has 100 valence electrons. The largest absolute Gasteiger partial charge is 0.339 e. The minimum atomic E-state index is -0.602. The number of nitrogens with two attached hydrogens (primary N) is 1. The van der Waals surface area contributed by atoms with Crippen LogP contribution in [0.1, 0.15) is 16.5 Å². The molecule has 0 saturated carbocycles. The standard InChI is InChI=1S/C14H15BrN2OS/c1-17(8-12-7-11(15)9-19-12)14(18)13(16)10-5-3-2-4-6-10/h2-7,9,13H,8,16H2,1H3. The number of carbonyl (C=O) groups is 1. The summed E-state index contributed by atoms with van der Waals surface area (Å²) in [7, 11) is 1.78. The van der Waals surface area contributed by atoms with Gasteiger partial charge >= 0.3 is 0 Å². The number of nitrogens with zero attached hydrogens (tertiary/aromatic N) is 1. The molecule has 2 N–H and O–H groups in total. The van der Waals surface area contributed by atoms with Crippen molar-refractivity contribution in [3.8, 4) is 0 Å². The van der Waals surface area contributed by atoms with E-state index >= 15 is 0 Å². The van der Waals surface area contributed by atoms with E-state index in [1.165, 1.54) is 0 Å². The molecule has 0 fully saturated rings. The van der Waals surface area contributed by atoms with Crippen molar-refractivity contribution in [3.05, 3.63) is 56.7 Å². The molecule has 0 saturated heterocycles. The van der Waals surface area contributed by atoms with Crippen molar-refractivity contribution in [1.29, 1.82) is 0 Å². The molecular weight excluding hydrogens is 324 g/mol. The molecule has 1 amide bonds. The summed E-state index contributed by atoms with van der Waals surface area (Å²) in [5.74, 6) is -0.0734. The molecular formula is C14H15BrN2OS. The SMILES string of the molecule is CN(Cc1cc(Br)cs1)C(=O)C(N)c1ccccc1. The number of hydrogen-bond donors (Lipinski definition) is 1. The van der Waals surface area contributed by atoms with Crippen molar-refractivity contribution in [1.82, 2.24) is 4.90 Å². The number of amides is 1. The van der Waals surface area contributed by atoms with Crippen LogP contribution in [0.2, 0.25) is 0 Å². The molecule has 0 radical (unpaired) electrons. The Labute approximate surface area is 125 Å². The molecule has 1 heterocycles. The maximum atomic E-state index is 12.2. The summed E-state index contributed by atoms with van der Waals surface area (Å²) in [5, 5.41) is 2.00. The summed E-state index contributed by atoms with van der Waals surface area (Å²) in [5.41, 5.74) is 6.84. The first-order valence-corrected chi connectivity index (χ1v) is 7.53. The average molecular weight is 339 g/mol. The van der Waals surface area contributed by atoms with Gasteiger partial charge in [-0.05, 0) is 27.6 Å². The van der Waals surface area contributed by atoms with E-state index in [0.29, 0.717) is 6.54 Å². The van der Waals surface area contributed by atoms with E-state index < -0.39 is 6.04 Å². The second kappa shape index (κ2) is 6.32. The third kappa shape index (κ3) is 3.65. The molecule has 1 aromatic carbocycles. The average Bonchev–Trinajstić information content (AvgIpc) is 2.83. The number of hydrogen-bond acceptors (Lipinski definition) is 3. The molecule has 3 nitrogen and oxygen atoms in total. The van der Waals surface area contributed by atoms with E-state index in [-0.39, 0.29) is 5.91 Å². The summed E-state index contributed by atoms with van der Waals surface area (Å²) in [6.07, 6.45) is 0. The molecule has 0 bridgehead atoms. The van der Waals surface area contributed by atoms with E-state index in [0.717, 1.165) is 14.9 Å². The van der Waals surface area contributed by atoms with Gasteiger partial charge in [0.2, 0.25) is 5.91 Å². The molecule has 0 aliphatic heterocycles. The van der Waals surface area contributed by atoms with Gasteiger partial charge in [0, 0.05) is 21.8 Å². The smallest absolute Gasteiger partial charge is 0.244 e. The van der Waals surface area contributed by atoms with E-state index in [2.05, 4.69) is 15.9 Å². The zero-order valence-corrected chi connectivity index (χ0v) is 12.9. The normalized spacial score (nSPS) is 12.2. The minimum Gasteiger partial charge on any atom is -0.339 e. The van der Waals surface area contributed by atoms with Crippen LogP contribution in [0.5, 0.6) is 0 Å². The van der Waals surface area contributed by atoms with Crippen molar-refractivity contribution in [2.24, 2.45) is 5.73 Å². The van der Waals surface area contributed by atoms with Gasteiger partial charge in [0.1, 0.15) is 6.04 Å². The fraction of sp³-hybridized carbons (Fsp3) is 0.214. The third-order valence-electron chi connectivity index (χ3n) is 2.82. The first-order chi connectivity index (χ1) is 9.08. The Morgan fingerprint density at radius 3 is 2.68 bits per heavy atom. The van der Waals surface area contributed by atoms with Crippen LogP contribution >= 0.6 is 27.3 Å². The molecule has 2 aromatic rings. The number of halogens is 1. The van der Waals surface area contributed by atoms with Crippen molar-refractivity contribution in [2.75, 3.05) is 7.05 Å². The van der Waals surface area contributed by atoms with Crippen LogP contribution in [0.15, 0.2) is 46.3 Å². The number of likely N-dealkylation sites (N-methyl/N-ethyl adjacent to an activating group) is 1. The molecule has 1 aromatic heterocycles. The zero-order chi connectivity index (χ0) is 13.8. The van der Waals surface area contributed by atoms with Gasteiger partial charge in [0.15, 0.2) is 0 Å². The lowest BCUT2D eigenvalue weighted by molar-refractivity contribution is -0.131. The number of thiophene rings is 1. The zero-order valence-electron chi connectivity index (χ0n) is 10.5. The maximum absolute atomic E-state index is 12.2. The van der Waals surface area contributed by atoms with Crippen LogP contribution in [0.3, 0.4) is 0 Å². The number of carbonyl (C=O) groups excluding carboxylic acids is 1. The first kappa shape index (κ1) is 14.2. The highest BCUT2D eigenvalue weighted by Crippen LogP contribution is 2.22. The Morgan fingerprint density at radius 1 is 1.42 bits per heavy atom. The van der Waals surface area contributed by atoms with Crippen molar-refractivity contribution in [2.45, 2.75) is 12.6 Å². The fourth-order valence-electron chi connectivity index (χ4n) is 1.79. The van der Waals surface area contributed by atoms with E-state index in [9.17, 15) is 4.79 Å². The second-order valence-corrected chi connectivity index (χ2v) is 6.23. The lowest BCUT2D eigenvalue weighted by Gasteiger charge is -2.21. The highest BCUT2D eigenvalue weighted by atomic mass is 79.9. The van der Waals surface area contributed by atoms with Gasteiger partial charge in [-0.2, -0.15) is 0 Å². The van der Waals surface area contributed by atoms with Crippen LogP contribution in [-0.2, 0) is 11.3 Å². The predicted molar refractivity (Wildman–Crippen MR) is 81.9 cm³/mol. The van der Waals surface area contributed by atoms with Crippen molar-refractivity contribution >= 4 is 33.2 Å². The van der Waals surface area contributed by atoms with E-state index in [4.69, 9.17) is 5.73 Å². The molecule has 0 aliphatic rings. The highest BCUT2D eigenvalue weighted by molar-refractivity contribution is 9.10. The summed E-state index contributed by atoms with van der Waals surface area (Å²) < 4.78 is 1.04. The van der Waals surface area contributed by atoms with Crippen molar-refractivity contribution < 1.29 is 4.79 Å². The maximum Gasteiger partial charge on any atom is 0.244 e. The molecule has 19 heavy (non-hydrogen) atoms. The van der Waals surface area contributed by atoms with Gasteiger partial charge in [-0.1, -0.05) is 30.3 Å². The molecule has 1 atom stereocenters. The molecule has 5 heteroatoms. The monoisotopic (exact) mass is 338 g/mol. The predicted octanol–water partition coefficient (Wildman–Crippen LogP) is 3.17. The summed E-state index contributed by atoms with van der Waals surface area (Å²) >= 11 is 5.03. The molecule has 2 rings (SSSR count). The van der Waals surface area contributed by atoms with Gasteiger partial charge in [0.25, 0.3) is 0 Å². The van der Waals surface area contributed by atoms with Crippen LogP contribution in [0, 0.1) is 0 Å². The van der Waals surface area contributed by atoms with Gasteiger partial charge < -0.3 is 10.6 Å². The van der Waals surface area contributed by atoms with E-state index in [1.807, 2.05) is 41.8 Å². The van der Waals surface area contributed by atoms with Crippen molar-refractivity contribution in [3.63, 3.8) is 0 Å². The Balaban J connectivity index is 2.03. The minimum absolute atomic E-state index is 0.0734. The highest BCUT2D eigenvalue weighted by Gasteiger charge is 2.19. The van der Waals surface area contributed by atoms with Gasteiger partial charge in [-0.15, -0.1) is 11.3 Å². The molecule has 1 unspecified atom stereocenters. The quantitative estimate of drug-likeness (QED) is 0.930. The fourth-order valence-corrected chi connectivity index (χ4v) is 3.29. The van der Waals surface area contributed by atoms with Gasteiger partial charge in [-0.25, -0.2) is 0 Å². The van der Waals surface area contributed by atoms with Crippen LogP contribution in [0.25, 0.3) is 0 Å². The second-order valence-electron chi connectivity index (χ2n) is 4.31. The summed E-state index contributed by atoms with van der Waals surface area (Å²) in [6, 6.07) is 10.8. The number of rotatable bonds is 4. The molecule has 0 aliphatic carbocycles. The first-order valence-electron chi connectivity index (χ1n) is 5.86. The lowest BCUT2D eigenvalue weighted by Crippen LogP contribution is -2.35. The van der Waals surface area contributed by atoms with Crippen LogP contribution in [-0.4, -0.2) is 17.9 Å². The Morgan fingerprint density at radius 2 is 2.11 bits per heavy atom. The Kier molecular flexibility index (Phi) is 4.74. The topological polar surface area (TPSA) is 46.3 Å². The molecule has 0 spiro atoms. The summed E-state index contributed by atoms with van der Waals surface area (Å²) in [4.78, 5) is 15.0. The third-order valence-corrected chi connectivity index (χ3v) is 4.50. The van der Waals surface area contributed by atoms with E-state index in [1.54, 1.807) is 23.3 Å². The summed E-state index contributed by atoms with van der Waals surface area (Å²) in [6.45, 7) is 0.579. The lowest BCUT2D eigenvalue weighted by atomic mass is 10.1. The van der Waals surface area contributed by atoms with Gasteiger partial charge in [-0.3, -0.25) is 4.79 Å². The van der Waals surface area contributed by atoms with Gasteiger partial charge in [0.05, 0.1) is 6.54 Å².